The van der Waals surface area contributed by atoms with Crippen LogP contribution >= 0.6 is 0 Å². The highest BCUT2D eigenvalue weighted by Gasteiger charge is 2.14. The Hall–Kier alpha value is -1.59. The van der Waals surface area contributed by atoms with Crippen LogP contribution in [0.5, 0.6) is 0 Å². The molecule has 1 atom stereocenters. The summed E-state index contributed by atoms with van der Waals surface area (Å²) in [6.07, 6.45) is 0.440. The average molecular weight is 262 g/mol. The number of aromatic nitrogens is 2. The Kier molecular flexibility index (Phi) is 4.07. The van der Waals surface area contributed by atoms with E-state index in [1.54, 1.807) is 6.92 Å². The van der Waals surface area contributed by atoms with Crippen molar-refractivity contribution in [1.29, 1.82) is 0 Å². The van der Waals surface area contributed by atoms with Gasteiger partial charge in [-0.05, 0) is 52.2 Å². The molecular weight excluding hydrogens is 240 g/mol. The maximum Gasteiger partial charge on any atom is 0.138 e. The Morgan fingerprint density at radius 3 is 2.79 bits per heavy atom. The molecule has 2 aromatic rings. The van der Waals surface area contributed by atoms with Gasteiger partial charge in [-0.15, -0.1) is 0 Å². The third-order valence-corrected chi connectivity index (χ3v) is 3.16. The fourth-order valence-electron chi connectivity index (χ4n) is 2.26. The molecule has 1 heterocycles. The molecule has 3 N–H and O–H groups in total. The van der Waals surface area contributed by atoms with Crippen LogP contribution in [0.25, 0.3) is 11.0 Å². The molecule has 0 spiro atoms. The van der Waals surface area contributed by atoms with Gasteiger partial charge in [0.1, 0.15) is 11.9 Å². The monoisotopic (exact) mass is 262 g/mol. The predicted octanol–water partition coefficient (Wildman–Crippen LogP) is 1.62. The summed E-state index contributed by atoms with van der Waals surface area (Å²) in [5.41, 5.74) is 8.36. The van der Waals surface area contributed by atoms with E-state index in [4.69, 9.17) is 5.73 Å². The van der Waals surface area contributed by atoms with Gasteiger partial charge < -0.3 is 20.3 Å². The van der Waals surface area contributed by atoms with Crippen LogP contribution < -0.4 is 5.73 Å². The number of fused-ring (bicyclic) bond motifs is 1. The van der Waals surface area contributed by atoms with Crippen molar-refractivity contribution in [2.75, 3.05) is 26.4 Å². The van der Waals surface area contributed by atoms with Crippen LogP contribution in [-0.2, 0) is 6.54 Å². The minimum atomic E-state index is -0.576. The van der Waals surface area contributed by atoms with E-state index in [9.17, 15) is 5.11 Å². The van der Waals surface area contributed by atoms with E-state index < -0.39 is 6.10 Å². The van der Waals surface area contributed by atoms with Crippen molar-refractivity contribution in [3.8, 4) is 0 Å². The molecule has 1 aromatic carbocycles. The van der Waals surface area contributed by atoms with Crippen LogP contribution in [0.15, 0.2) is 18.2 Å². The Morgan fingerprint density at radius 2 is 2.16 bits per heavy atom. The standard InChI is InChI=1S/C14H22N4O/c1-10(19)14-16-12-9-11(15)5-6-13(12)18(14)8-4-7-17(2)3/h5-6,9-10,19H,4,7-8,15H2,1-3H3. The summed E-state index contributed by atoms with van der Waals surface area (Å²) in [6.45, 7) is 3.60. The fourth-order valence-corrected chi connectivity index (χ4v) is 2.26. The summed E-state index contributed by atoms with van der Waals surface area (Å²) in [5.74, 6) is 0.708. The summed E-state index contributed by atoms with van der Waals surface area (Å²) < 4.78 is 2.09. The van der Waals surface area contributed by atoms with E-state index in [1.807, 2.05) is 18.2 Å². The highest BCUT2D eigenvalue weighted by atomic mass is 16.3. The molecule has 0 aliphatic carbocycles. The van der Waals surface area contributed by atoms with Gasteiger partial charge in [-0.25, -0.2) is 4.98 Å². The number of nitrogens with two attached hydrogens (primary N) is 1. The number of nitrogens with zero attached hydrogens (tertiary/aromatic N) is 3. The maximum atomic E-state index is 9.86. The molecule has 0 saturated carbocycles. The number of aliphatic hydroxyl groups excluding tert-OH is 1. The normalized spacial score (nSPS) is 13.3. The van der Waals surface area contributed by atoms with Crippen molar-refractivity contribution in [3.63, 3.8) is 0 Å². The van der Waals surface area contributed by atoms with E-state index in [-0.39, 0.29) is 0 Å². The van der Waals surface area contributed by atoms with Crippen LogP contribution in [0.1, 0.15) is 25.3 Å². The average Bonchev–Trinajstić information content (AvgIpc) is 2.67. The highest BCUT2D eigenvalue weighted by Crippen LogP contribution is 2.23. The van der Waals surface area contributed by atoms with Crippen LogP contribution in [-0.4, -0.2) is 40.2 Å². The number of anilines is 1. The van der Waals surface area contributed by atoms with Crippen molar-refractivity contribution in [3.05, 3.63) is 24.0 Å². The summed E-state index contributed by atoms with van der Waals surface area (Å²) in [4.78, 5) is 6.64. The van der Waals surface area contributed by atoms with E-state index in [0.717, 1.165) is 30.5 Å². The topological polar surface area (TPSA) is 67.3 Å². The second-order valence-corrected chi connectivity index (χ2v) is 5.20. The molecule has 0 saturated heterocycles. The number of hydrogen-bond donors (Lipinski definition) is 2. The lowest BCUT2D eigenvalue weighted by Gasteiger charge is -2.13. The lowest BCUT2D eigenvalue weighted by Crippen LogP contribution is -2.16. The van der Waals surface area contributed by atoms with Crippen molar-refractivity contribution in [2.45, 2.75) is 26.0 Å². The third-order valence-electron chi connectivity index (χ3n) is 3.16. The highest BCUT2D eigenvalue weighted by molar-refractivity contribution is 5.79. The molecule has 19 heavy (non-hydrogen) atoms. The molecule has 1 aromatic heterocycles. The second-order valence-electron chi connectivity index (χ2n) is 5.20. The van der Waals surface area contributed by atoms with E-state index in [1.165, 1.54) is 0 Å². The molecule has 1 unspecified atom stereocenters. The Morgan fingerprint density at radius 1 is 1.42 bits per heavy atom. The van der Waals surface area contributed by atoms with Gasteiger partial charge in [0.2, 0.25) is 0 Å². The summed E-state index contributed by atoms with van der Waals surface area (Å²) in [7, 11) is 4.12. The molecule has 5 heteroatoms. The van der Waals surface area contributed by atoms with Gasteiger partial charge in [0.05, 0.1) is 11.0 Å². The van der Waals surface area contributed by atoms with E-state index in [2.05, 4.69) is 28.5 Å². The lowest BCUT2D eigenvalue weighted by molar-refractivity contribution is 0.184. The first-order valence-corrected chi connectivity index (χ1v) is 6.57. The van der Waals surface area contributed by atoms with Crippen molar-refractivity contribution in [1.82, 2.24) is 14.5 Å². The number of aliphatic hydroxyl groups is 1. The second kappa shape index (κ2) is 5.59. The third kappa shape index (κ3) is 3.05. The zero-order chi connectivity index (χ0) is 14.0. The fraction of sp³-hybridized carbons (Fsp3) is 0.500. The molecule has 0 aliphatic heterocycles. The Bertz CT molecular complexity index is 560. The molecule has 0 aliphatic rings. The Labute approximate surface area is 113 Å². The van der Waals surface area contributed by atoms with Gasteiger partial charge in [-0.1, -0.05) is 0 Å². The summed E-state index contributed by atoms with van der Waals surface area (Å²) >= 11 is 0. The maximum absolute atomic E-state index is 9.86. The largest absolute Gasteiger partial charge is 0.399 e. The van der Waals surface area contributed by atoms with E-state index >= 15 is 0 Å². The smallest absolute Gasteiger partial charge is 0.138 e. The van der Waals surface area contributed by atoms with Crippen LogP contribution in [0, 0.1) is 0 Å². The number of benzene rings is 1. The SMILES string of the molecule is CC(O)c1nc2cc(N)ccc2n1CCCN(C)C. The summed E-state index contributed by atoms with van der Waals surface area (Å²) in [5, 5.41) is 9.86. The van der Waals surface area contributed by atoms with Crippen LogP contribution in [0.4, 0.5) is 5.69 Å². The summed E-state index contributed by atoms with van der Waals surface area (Å²) in [6, 6.07) is 5.70. The lowest BCUT2D eigenvalue weighted by atomic mass is 10.2. The van der Waals surface area contributed by atoms with Gasteiger partial charge in [0.15, 0.2) is 0 Å². The number of rotatable bonds is 5. The minimum absolute atomic E-state index is 0.576. The first-order valence-electron chi connectivity index (χ1n) is 6.57. The number of nitrogen functional groups attached to an aromatic ring is 1. The molecule has 2 rings (SSSR count). The zero-order valence-electron chi connectivity index (χ0n) is 11.8. The van der Waals surface area contributed by atoms with Gasteiger partial charge in [-0.2, -0.15) is 0 Å². The first-order chi connectivity index (χ1) is 8.99. The molecule has 0 bridgehead atoms. The van der Waals surface area contributed by atoms with E-state index in [0.29, 0.717) is 11.5 Å². The predicted molar refractivity (Wildman–Crippen MR) is 78.0 cm³/mol. The molecule has 104 valence electrons. The number of aryl methyl sites for hydroxylation is 1. The number of imidazole rings is 1. The zero-order valence-corrected chi connectivity index (χ0v) is 11.8. The first kappa shape index (κ1) is 13.8. The van der Waals surface area contributed by atoms with Gasteiger partial charge in [0.25, 0.3) is 0 Å². The molecule has 0 radical (unpaired) electrons. The van der Waals surface area contributed by atoms with Crippen molar-refractivity contribution < 1.29 is 5.11 Å². The quantitative estimate of drug-likeness (QED) is 0.804. The van der Waals surface area contributed by atoms with Crippen molar-refractivity contribution >= 4 is 16.7 Å². The van der Waals surface area contributed by atoms with Crippen LogP contribution in [0.2, 0.25) is 0 Å². The Balaban J connectivity index is 2.35. The van der Waals surface area contributed by atoms with Gasteiger partial charge in [0, 0.05) is 12.2 Å². The molecule has 0 amide bonds. The van der Waals surface area contributed by atoms with Crippen molar-refractivity contribution in [2.24, 2.45) is 0 Å². The molecule has 0 fully saturated rings. The molecule has 5 nitrogen and oxygen atoms in total. The van der Waals surface area contributed by atoms with Crippen LogP contribution in [0.3, 0.4) is 0 Å². The van der Waals surface area contributed by atoms with Gasteiger partial charge in [-0.3, -0.25) is 0 Å². The molecular formula is C14H22N4O. The minimum Gasteiger partial charge on any atom is -0.399 e. The van der Waals surface area contributed by atoms with Gasteiger partial charge >= 0.3 is 0 Å². The number of hydrogen-bond acceptors (Lipinski definition) is 4.